The lowest BCUT2D eigenvalue weighted by molar-refractivity contribution is -0.159. The summed E-state index contributed by atoms with van der Waals surface area (Å²) in [7, 11) is 0. The molecule has 8 heteroatoms. The maximum atomic E-state index is 13.3. The van der Waals surface area contributed by atoms with Crippen LogP contribution < -0.4 is 0 Å². The van der Waals surface area contributed by atoms with Crippen LogP contribution in [0.25, 0.3) is 5.57 Å². The van der Waals surface area contributed by atoms with Gasteiger partial charge in [-0.25, -0.2) is 18.4 Å². The summed E-state index contributed by atoms with van der Waals surface area (Å²) in [5.41, 5.74) is 2.53. The van der Waals surface area contributed by atoms with E-state index in [1.54, 1.807) is 24.3 Å². The fraction of sp³-hybridized carbons (Fsp3) is 0.304. The number of benzene rings is 2. The summed E-state index contributed by atoms with van der Waals surface area (Å²) in [6.07, 6.45) is 4.51. The number of aliphatic carboxylic acids is 2. The van der Waals surface area contributed by atoms with Crippen LogP contribution in [0.15, 0.2) is 53.6 Å². The van der Waals surface area contributed by atoms with Crippen LogP contribution in [-0.2, 0) is 9.59 Å². The largest absolute Gasteiger partial charge is 0.473 e. The van der Waals surface area contributed by atoms with E-state index >= 15 is 0 Å². The quantitative estimate of drug-likeness (QED) is 0.626. The molecule has 0 amide bonds. The molecule has 2 aromatic rings. The molecule has 1 aliphatic rings. The van der Waals surface area contributed by atoms with Gasteiger partial charge in [-0.05, 0) is 67.7 Å². The van der Waals surface area contributed by atoms with Crippen molar-refractivity contribution in [1.29, 1.82) is 0 Å². The molecule has 0 aromatic heterocycles. The Balaban J connectivity index is 0.000000501. The van der Waals surface area contributed by atoms with Crippen LogP contribution in [0.2, 0.25) is 0 Å². The van der Waals surface area contributed by atoms with E-state index in [4.69, 9.17) is 31.4 Å². The third-order valence-corrected chi connectivity index (χ3v) is 5.19. The normalized spacial score (nSPS) is 13.6. The Hall–Kier alpha value is -2.77. The molecule has 1 aliphatic heterocycles. The number of carboxylic acid groups (broad SMARTS) is 2. The second-order valence-electron chi connectivity index (χ2n) is 7.06. The molecule has 0 aliphatic carbocycles. The molecule has 2 N–H and O–H groups in total. The van der Waals surface area contributed by atoms with E-state index in [0.717, 1.165) is 47.8 Å². The molecule has 2 aromatic carbocycles. The summed E-state index contributed by atoms with van der Waals surface area (Å²) < 4.78 is 26.6. The van der Waals surface area contributed by atoms with Crippen LogP contribution in [0.3, 0.4) is 0 Å². The lowest BCUT2D eigenvalue weighted by Crippen LogP contribution is -2.30. The van der Waals surface area contributed by atoms with Crippen molar-refractivity contribution in [3.8, 4) is 0 Å². The number of hydrogen-bond acceptors (Lipinski definition) is 3. The first-order chi connectivity index (χ1) is 14.8. The molecule has 1 saturated heterocycles. The minimum atomic E-state index is -1.82. The van der Waals surface area contributed by atoms with E-state index in [0.29, 0.717) is 0 Å². The van der Waals surface area contributed by atoms with Crippen LogP contribution in [0.1, 0.15) is 36.8 Å². The highest BCUT2D eigenvalue weighted by Crippen LogP contribution is 2.31. The van der Waals surface area contributed by atoms with Crippen LogP contribution in [0.4, 0.5) is 8.78 Å². The highest BCUT2D eigenvalue weighted by Gasteiger charge is 2.14. The number of rotatable bonds is 5. The number of halogens is 3. The summed E-state index contributed by atoms with van der Waals surface area (Å²) >= 11 is 6.68. The van der Waals surface area contributed by atoms with Crippen molar-refractivity contribution < 1.29 is 28.6 Å². The van der Waals surface area contributed by atoms with Gasteiger partial charge in [0.05, 0.1) is 0 Å². The van der Waals surface area contributed by atoms with Crippen LogP contribution in [0, 0.1) is 11.6 Å². The van der Waals surface area contributed by atoms with Crippen molar-refractivity contribution in [3.05, 3.63) is 76.3 Å². The fourth-order valence-electron chi connectivity index (χ4n) is 3.28. The maximum absolute atomic E-state index is 13.3. The van der Waals surface area contributed by atoms with Gasteiger partial charge in [0, 0.05) is 17.2 Å². The Morgan fingerprint density at radius 3 is 1.61 bits per heavy atom. The Labute approximate surface area is 184 Å². The highest BCUT2D eigenvalue weighted by molar-refractivity contribution is 6.33. The molecule has 3 rings (SSSR count). The molecule has 5 nitrogen and oxygen atoms in total. The van der Waals surface area contributed by atoms with Gasteiger partial charge in [-0.3, -0.25) is 0 Å². The average molecular weight is 452 g/mol. The second-order valence-corrected chi connectivity index (χ2v) is 7.51. The smallest absolute Gasteiger partial charge is 0.414 e. The van der Waals surface area contributed by atoms with Gasteiger partial charge in [-0.1, -0.05) is 42.3 Å². The van der Waals surface area contributed by atoms with E-state index in [1.807, 2.05) is 0 Å². The Bertz CT molecular complexity index is 849. The fourth-order valence-corrected chi connectivity index (χ4v) is 3.58. The van der Waals surface area contributed by atoms with Gasteiger partial charge in [0.25, 0.3) is 0 Å². The average Bonchev–Trinajstić information content (AvgIpc) is 2.76. The summed E-state index contributed by atoms with van der Waals surface area (Å²) in [4.78, 5) is 20.6. The number of nitrogens with zero attached hydrogens (tertiary/aromatic N) is 1. The van der Waals surface area contributed by atoms with Gasteiger partial charge in [0.1, 0.15) is 11.6 Å². The predicted molar refractivity (Wildman–Crippen MR) is 115 cm³/mol. The minimum absolute atomic E-state index is 0.286. The van der Waals surface area contributed by atoms with Gasteiger partial charge >= 0.3 is 11.9 Å². The molecule has 1 heterocycles. The molecule has 31 heavy (non-hydrogen) atoms. The minimum Gasteiger partial charge on any atom is -0.473 e. The zero-order valence-corrected chi connectivity index (χ0v) is 17.6. The topological polar surface area (TPSA) is 77.8 Å². The Morgan fingerprint density at radius 1 is 0.806 bits per heavy atom. The predicted octanol–water partition coefficient (Wildman–Crippen LogP) is 4.99. The molecular formula is C23H24ClF2NO4. The first kappa shape index (κ1) is 24.5. The monoisotopic (exact) mass is 451 g/mol. The molecular weight excluding hydrogens is 428 g/mol. The number of likely N-dealkylation sites (tertiary alicyclic amines) is 1. The number of piperidine rings is 1. The first-order valence-electron chi connectivity index (χ1n) is 9.87. The van der Waals surface area contributed by atoms with Gasteiger partial charge in [0.15, 0.2) is 0 Å². The van der Waals surface area contributed by atoms with Crippen molar-refractivity contribution in [2.75, 3.05) is 19.6 Å². The number of carboxylic acids is 2. The molecule has 0 saturated carbocycles. The van der Waals surface area contributed by atoms with Gasteiger partial charge in [0.2, 0.25) is 0 Å². The lowest BCUT2D eigenvalue weighted by atomic mass is 9.96. The Kier molecular flexibility index (Phi) is 9.62. The van der Waals surface area contributed by atoms with E-state index in [2.05, 4.69) is 4.90 Å². The van der Waals surface area contributed by atoms with Crippen LogP contribution in [-0.4, -0.2) is 46.7 Å². The van der Waals surface area contributed by atoms with E-state index in [-0.39, 0.29) is 11.6 Å². The SMILES string of the molecule is Fc1ccc(C(=C(Cl)CCN2CCCCC2)c2ccc(F)cc2)cc1.O=C(O)C(=O)O. The molecule has 0 unspecified atom stereocenters. The van der Waals surface area contributed by atoms with Gasteiger partial charge in [-0.15, -0.1) is 0 Å². The molecule has 166 valence electrons. The zero-order valence-electron chi connectivity index (χ0n) is 16.9. The van der Waals surface area contributed by atoms with Crippen molar-refractivity contribution in [3.63, 3.8) is 0 Å². The maximum Gasteiger partial charge on any atom is 0.414 e. The molecule has 0 bridgehead atoms. The number of carbonyl (C=O) groups is 2. The van der Waals surface area contributed by atoms with E-state index in [1.165, 1.54) is 43.5 Å². The lowest BCUT2D eigenvalue weighted by Gasteiger charge is -2.26. The third-order valence-electron chi connectivity index (χ3n) is 4.82. The van der Waals surface area contributed by atoms with Gasteiger partial charge in [-0.2, -0.15) is 0 Å². The summed E-state index contributed by atoms with van der Waals surface area (Å²) in [5, 5.41) is 15.5. The second kappa shape index (κ2) is 12.2. The van der Waals surface area contributed by atoms with E-state index in [9.17, 15) is 8.78 Å². The summed E-state index contributed by atoms with van der Waals surface area (Å²) in [6.45, 7) is 3.14. The molecule has 0 atom stereocenters. The third kappa shape index (κ3) is 8.11. The number of hydrogen-bond donors (Lipinski definition) is 2. The van der Waals surface area contributed by atoms with Crippen LogP contribution >= 0.6 is 11.6 Å². The highest BCUT2D eigenvalue weighted by atomic mass is 35.5. The summed E-state index contributed by atoms with van der Waals surface area (Å²) in [6, 6.07) is 12.6. The first-order valence-corrected chi connectivity index (χ1v) is 10.2. The summed E-state index contributed by atoms with van der Waals surface area (Å²) in [5.74, 6) is -4.22. The molecule has 0 radical (unpaired) electrons. The standard InChI is InChI=1S/C21H22ClF2N.C2H2O4/c22-20(12-15-25-13-2-1-3-14-25)21(16-4-8-18(23)9-5-16)17-6-10-19(24)11-7-17;3-1(4)2(5)6/h4-11H,1-3,12-15H2;(H,3,4)(H,5,6). The van der Waals surface area contributed by atoms with Gasteiger partial charge < -0.3 is 15.1 Å². The molecule has 0 spiro atoms. The van der Waals surface area contributed by atoms with Crippen molar-refractivity contribution >= 4 is 29.1 Å². The van der Waals surface area contributed by atoms with Crippen molar-refractivity contribution in [2.24, 2.45) is 0 Å². The molecule has 1 fully saturated rings. The van der Waals surface area contributed by atoms with E-state index < -0.39 is 11.9 Å². The van der Waals surface area contributed by atoms with Crippen molar-refractivity contribution in [1.82, 2.24) is 4.90 Å². The van der Waals surface area contributed by atoms with Crippen LogP contribution in [0.5, 0.6) is 0 Å². The van der Waals surface area contributed by atoms with Crippen molar-refractivity contribution in [2.45, 2.75) is 25.7 Å². The zero-order chi connectivity index (χ0) is 22.8. The Morgan fingerprint density at radius 2 is 1.23 bits per heavy atom.